The van der Waals surface area contributed by atoms with Crippen molar-refractivity contribution in [3.05, 3.63) is 0 Å². The molecule has 1 fully saturated rings. The SMILES string of the molecule is CC(C)(C)NCC1CCN(S(=O)(=O)NC(C)(C)C)CC1. The van der Waals surface area contributed by atoms with E-state index < -0.39 is 15.7 Å². The second-order valence-corrected chi connectivity index (χ2v) is 9.50. The third-order valence-corrected chi connectivity index (χ3v) is 5.18. The predicted molar refractivity (Wildman–Crippen MR) is 83.9 cm³/mol. The van der Waals surface area contributed by atoms with Crippen LogP contribution in [0, 0.1) is 5.92 Å². The molecule has 0 aromatic heterocycles. The Kier molecular flexibility index (Phi) is 5.63. The Morgan fingerprint density at radius 1 is 1.00 bits per heavy atom. The van der Waals surface area contributed by atoms with Gasteiger partial charge in [0, 0.05) is 24.2 Å². The van der Waals surface area contributed by atoms with Crippen LogP contribution in [0.3, 0.4) is 0 Å². The van der Waals surface area contributed by atoms with Gasteiger partial charge < -0.3 is 5.32 Å². The lowest BCUT2D eigenvalue weighted by molar-refractivity contribution is 0.247. The minimum atomic E-state index is -3.34. The first-order valence-corrected chi connectivity index (χ1v) is 8.87. The third-order valence-electron chi connectivity index (χ3n) is 3.27. The van der Waals surface area contributed by atoms with E-state index in [1.807, 2.05) is 20.8 Å². The Hall–Kier alpha value is -0.170. The minimum absolute atomic E-state index is 0.122. The van der Waals surface area contributed by atoms with E-state index in [1.54, 1.807) is 4.31 Å². The van der Waals surface area contributed by atoms with Crippen LogP contribution in [0.2, 0.25) is 0 Å². The molecule has 2 N–H and O–H groups in total. The first-order chi connectivity index (χ1) is 8.89. The lowest BCUT2D eigenvalue weighted by Crippen LogP contribution is -2.51. The Balaban J connectivity index is 2.46. The largest absolute Gasteiger partial charge is 0.312 e. The van der Waals surface area contributed by atoms with Gasteiger partial charge in [0.15, 0.2) is 0 Å². The maximum absolute atomic E-state index is 12.2. The summed E-state index contributed by atoms with van der Waals surface area (Å²) in [5, 5.41) is 3.50. The number of piperidine rings is 1. The monoisotopic (exact) mass is 305 g/mol. The molecule has 120 valence electrons. The third kappa shape index (κ3) is 6.52. The molecule has 0 spiro atoms. The van der Waals surface area contributed by atoms with E-state index in [2.05, 4.69) is 30.8 Å². The van der Waals surface area contributed by atoms with Gasteiger partial charge in [-0.25, -0.2) is 0 Å². The van der Waals surface area contributed by atoms with Gasteiger partial charge in [-0.3, -0.25) is 0 Å². The van der Waals surface area contributed by atoms with Crippen LogP contribution in [0.15, 0.2) is 0 Å². The van der Waals surface area contributed by atoms with Gasteiger partial charge >= 0.3 is 0 Å². The first kappa shape index (κ1) is 17.9. The Morgan fingerprint density at radius 3 is 1.90 bits per heavy atom. The van der Waals surface area contributed by atoms with Crippen LogP contribution in [0.25, 0.3) is 0 Å². The Labute approximate surface area is 124 Å². The van der Waals surface area contributed by atoms with E-state index in [1.165, 1.54) is 0 Å². The summed E-state index contributed by atoms with van der Waals surface area (Å²) in [5.41, 5.74) is -0.305. The molecule has 0 bridgehead atoms. The summed E-state index contributed by atoms with van der Waals surface area (Å²) in [4.78, 5) is 0. The zero-order valence-electron chi connectivity index (χ0n) is 13.8. The molecule has 0 atom stereocenters. The lowest BCUT2D eigenvalue weighted by Gasteiger charge is -2.34. The average molecular weight is 305 g/mol. The summed E-state index contributed by atoms with van der Waals surface area (Å²) >= 11 is 0. The summed E-state index contributed by atoms with van der Waals surface area (Å²) in [6.45, 7) is 14.2. The van der Waals surface area contributed by atoms with Crippen LogP contribution >= 0.6 is 0 Å². The predicted octanol–water partition coefficient (Wildman–Crippen LogP) is 1.72. The second kappa shape index (κ2) is 6.30. The van der Waals surface area contributed by atoms with Crippen molar-refractivity contribution < 1.29 is 8.42 Å². The molecular weight excluding hydrogens is 274 g/mol. The molecule has 0 aromatic rings. The smallest absolute Gasteiger partial charge is 0.279 e. The normalized spacial score (nSPS) is 20.3. The molecule has 0 saturated carbocycles. The van der Waals surface area contributed by atoms with Crippen molar-refractivity contribution in [3.63, 3.8) is 0 Å². The molecule has 1 aliphatic rings. The molecule has 1 saturated heterocycles. The van der Waals surface area contributed by atoms with Crippen LogP contribution in [-0.4, -0.2) is 43.4 Å². The summed E-state index contributed by atoms with van der Waals surface area (Å²) in [6.07, 6.45) is 1.85. The van der Waals surface area contributed by atoms with Crippen LogP contribution in [0.1, 0.15) is 54.4 Å². The summed E-state index contributed by atoms with van der Waals surface area (Å²) in [5.74, 6) is 0.565. The molecule has 1 heterocycles. The maximum Gasteiger partial charge on any atom is 0.279 e. The lowest BCUT2D eigenvalue weighted by atomic mass is 9.97. The minimum Gasteiger partial charge on any atom is -0.312 e. The maximum atomic E-state index is 12.2. The molecule has 0 unspecified atom stereocenters. The fraction of sp³-hybridized carbons (Fsp3) is 1.00. The van der Waals surface area contributed by atoms with E-state index in [4.69, 9.17) is 0 Å². The van der Waals surface area contributed by atoms with Crippen molar-refractivity contribution in [2.75, 3.05) is 19.6 Å². The highest BCUT2D eigenvalue weighted by molar-refractivity contribution is 7.87. The molecule has 0 aromatic carbocycles. The summed E-state index contributed by atoms with van der Waals surface area (Å²) < 4.78 is 28.7. The standard InChI is InChI=1S/C14H31N3O2S/c1-13(2,3)15-11-12-7-9-17(10-8-12)20(18,19)16-14(4,5)6/h12,15-16H,7-11H2,1-6H3. The Morgan fingerprint density at radius 2 is 1.50 bits per heavy atom. The molecule has 0 aliphatic carbocycles. The highest BCUT2D eigenvalue weighted by atomic mass is 32.2. The molecule has 1 rings (SSSR count). The zero-order chi connectivity index (χ0) is 15.6. The van der Waals surface area contributed by atoms with Crippen molar-refractivity contribution in [2.45, 2.75) is 65.5 Å². The van der Waals surface area contributed by atoms with Crippen molar-refractivity contribution in [2.24, 2.45) is 5.92 Å². The molecule has 20 heavy (non-hydrogen) atoms. The van der Waals surface area contributed by atoms with Gasteiger partial charge in [-0.2, -0.15) is 17.4 Å². The van der Waals surface area contributed by atoms with Crippen LogP contribution in [-0.2, 0) is 10.2 Å². The summed E-state index contributed by atoms with van der Waals surface area (Å²) in [6, 6.07) is 0. The van der Waals surface area contributed by atoms with Gasteiger partial charge in [-0.05, 0) is 66.8 Å². The second-order valence-electron chi connectivity index (χ2n) is 7.83. The number of nitrogens with one attached hydrogen (secondary N) is 2. The number of nitrogens with zero attached hydrogens (tertiary/aromatic N) is 1. The van der Waals surface area contributed by atoms with E-state index in [0.717, 1.165) is 19.4 Å². The van der Waals surface area contributed by atoms with Gasteiger partial charge in [-0.15, -0.1) is 0 Å². The summed E-state index contributed by atoms with van der Waals surface area (Å²) in [7, 11) is -3.34. The van der Waals surface area contributed by atoms with E-state index in [-0.39, 0.29) is 5.54 Å². The number of hydrogen-bond acceptors (Lipinski definition) is 3. The highest BCUT2D eigenvalue weighted by Gasteiger charge is 2.30. The van der Waals surface area contributed by atoms with Crippen molar-refractivity contribution >= 4 is 10.2 Å². The van der Waals surface area contributed by atoms with Crippen LogP contribution in [0.5, 0.6) is 0 Å². The van der Waals surface area contributed by atoms with Crippen molar-refractivity contribution in [1.82, 2.24) is 14.3 Å². The zero-order valence-corrected chi connectivity index (χ0v) is 14.6. The van der Waals surface area contributed by atoms with Crippen LogP contribution in [0.4, 0.5) is 0 Å². The van der Waals surface area contributed by atoms with E-state index >= 15 is 0 Å². The fourth-order valence-electron chi connectivity index (χ4n) is 2.26. The van der Waals surface area contributed by atoms with Gasteiger partial charge in [0.25, 0.3) is 10.2 Å². The first-order valence-electron chi connectivity index (χ1n) is 7.43. The van der Waals surface area contributed by atoms with Gasteiger partial charge in [0.1, 0.15) is 0 Å². The van der Waals surface area contributed by atoms with E-state index in [0.29, 0.717) is 19.0 Å². The average Bonchev–Trinajstić information content (AvgIpc) is 2.22. The van der Waals surface area contributed by atoms with Gasteiger partial charge in [0.2, 0.25) is 0 Å². The van der Waals surface area contributed by atoms with Crippen molar-refractivity contribution in [1.29, 1.82) is 0 Å². The molecule has 5 nitrogen and oxygen atoms in total. The van der Waals surface area contributed by atoms with E-state index in [9.17, 15) is 8.42 Å². The number of hydrogen-bond donors (Lipinski definition) is 2. The molecule has 0 radical (unpaired) electrons. The van der Waals surface area contributed by atoms with Crippen molar-refractivity contribution in [3.8, 4) is 0 Å². The fourth-order valence-corrected chi connectivity index (χ4v) is 3.85. The molecule has 1 aliphatic heterocycles. The van der Waals surface area contributed by atoms with Crippen LogP contribution < -0.4 is 10.0 Å². The van der Waals surface area contributed by atoms with Gasteiger partial charge in [-0.1, -0.05) is 0 Å². The quantitative estimate of drug-likeness (QED) is 0.831. The Bertz CT molecular complexity index is 399. The molecule has 6 heteroatoms. The number of rotatable bonds is 4. The molecular formula is C14H31N3O2S. The topological polar surface area (TPSA) is 61.4 Å². The highest BCUT2D eigenvalue weighted by Crippen LogP contribution is 2.20. The van der Waals surface area contributed by atoms with Gasteiger partial charge in [0.05, 0.1) is 0 Å². The molecule has 0 amide bonds.